The van der Waals surface area contributed by atoms with Gasteiger partial charge < -0.3 is 15.0 Å². The molecular weight excluding hydrogens is 404 g/mol. The number of halogens is 2. The molecule has 2 saturated heterocycles. The van der Waals surface area contributed by atoms with Crippen LogP contribution in [-0.2, 0) is 16.1 Å². The number of anilines is 1. The van der Waals surface area contributed by atoms with Crippen LogP contribution < -0.4 is 5.32 Å². The van der Waals surface area contributed by atoms with Crippen LogP contribution in [0, 0.1) is 5.92 Å². The molecule has 1 aromatic rings. The SMILES string of the molecule is CCNc1ncc(CN2CCOC3(CCN(C(=O)C4CCC(F)(F)CC4)CC3)C2)cn1. The van der Waals surface area contributed by atoms with Crippen LogP contribution in [-0.4, -0.2) is 76.5 Å². The number of amides is 1. The molecule has 172 valence electrons. The third-order valence-corrected chi connectivity index (χ3v) is 6.83. The van der Waals surface area contributed by atoms with Crippen molar-refractivity contribution in [3.63, 3.8) is 0 Å². The lowest BCUT2D eigenvalue weighted by atomic mass is 9.84. The van der Waals surface area contributed by atoms with Crippen molar-refractivity contribution >= 4 is 11.9 Å². The summed E-state index contributed by atoms with van der Waals surface area (Å²) in [7, 11) is 0. The van der Waals surface area contributed by atoms with Gasteiger partial charge in [0.25, 0.3) is 0 Å². The van der Waals surface area contributed by atoms with E-state index in [4.69, 9.17) is 4.74 Å². The topological polar surface area (TPSA) is 70.6 Å². The summed E-state index contributed by atoms with van der Waals surface area (Å²) in [5, 5.41) is 3.10. The van der Waals surface area contributed by atoms with Crippen molar-refractivity contribution < 1.29 is 18.3 Å². The maximum atomic E-state index is 13.4. The zero-order valence-corrected chi connectivity index (χ0v) is 18.3. The zero-order chi connectivity index (χ0) is 21.9. The highest BCUT2D eigenvalue weighted by Gasteiger charge is 2.43. The van der Waals surface area contributed by atoms with Crippen LogP contribution in [0.15, 0.2) is 12.4 Å². The summed E-state index contributed by atoms with van der Waals surface area (Å²) in [5.74, 6) is -2.15. The van der Waals surface area contributed by atoms with E-state index in [9.17, 15) is 13.6 Å². The van der Waals surface area contributed by atoms with Crippen LogP contribution >= 0.6 is 0 Å². The molecule has 4 rings (SSSR count). The minimum absolute atomic E-state index is 0.0518. The maximum absolute atomic E-state index is 13.4. The van der Waals surface area contributed by atoms with Crippen molar-refractivity contribution in [1.29, 1.82) is 0 Å². The predicted molar refractivity (Wildman–Crippen MR) is 113 cm³/mol. The smallest absolute Gasteiger partial charge is 0.248 e. The number of aromatic nitrogens is 2. The zero-order valence-electron chi connectivity index (χ0n) is 18.3. The number of ether oxygens (including phenoxy) is 1. The second-order valence-electron chi connectivity index (χ2n) is 9.14. The van der Waals surface area contributed by atoms with Crippen molar-refractivity contribution in [1.82, 2.24) is 19.8 Å². The fourth-order valence-electron chi connectivity index (χ4n) is 4.98. The largest absolute Gasteiger partial charge is 0.372 e. The molecule has 3 aliphatic rings. The van der Waals surface area contributed by atoms with Crippen molar-refractivity contribution in [2.75, 3.05) is 44.6 Å². The highest BCUT2D eigenvalue weighted by molar-refractivity contribution is 5.79. The van der Waals surface area contributed by atoms with Crippen LogP contribution in [0.4, 0.5) is 14.7 Å². The Morgan fingerprint density at radius 1 is 1.16 bits per heavy atom. The van der Waals surface area contributed by atoms with Gasteiger partial charge in [-0.25, -0.2) is 18.7 Å². The average Bonchev–Trinajstić information content (AvgIpc) is 2.76. The number of hydrogen-bond acceptors (Lipinski definition) is 6. The molecule has 0 bridgehead atoms. The molecule has 1 aliphatic carbocycles. The van der Waals surface area contributed by atoms with Crippen molar-refractivity contribution in [2.45, 2.75) is 63.5 Å². The second-order valence-corrected chi connectivity index (χ2v) is 9.14. The minimum Gasteiger partial charge on any atom is -0.372 e. The molecule has 9 heteroatoms. The molecule has 2 aliphatic heterocycles. The predicted octanol–water partition coefficient (Wildman–Crippen LogP) is 2.93. The van der Waals surface area contributed by atoms with Gasteiger partial charge in [-0.3, -0.25) is 9.69 Å². The lowest BCUT2D eigenvalue weighted by molar-refractivity contribution is -0.156. The number of carbonyl (C=O) groups is 1. The Hall–Kier alpha value is -1.87. The molecule has 0 unspecified atom stereocenters. The van der Waals surface area contributed by atoms with E-state index in [1.165, 1.54) is 0 Å². The van der Waals surface area contributed by atoms with Gasteiger partial charge in [-0.15, -0.1) is 0 Å². The standard InChI is InChI=1S/C22H33F2N5O2/c1-2-25-20-26-13-17(14-27-20)15-28-11-12-31-21(16-28)7-9-29(10-8-21)19(30)18-3-5-22(23,24)6-4-18/h13-14,18H,2-12,15-16H2,1H3,(H,25,26,27). The fourth-order valence-corrected chi connectivity index (χ4v) is 4.98. The normalized spacial score (nSPS) is 24.3. The first-order valence-corrected chi connectivity index (χ1v) is 11.5. The van der Waals surface area contributed by atoms with Crippen molar-refractivity contribution in [2.24, 2.45) is 5.92 Å². The molecule has 0 aromatic carbocycles. The summed E-state index contributed by atoms with van der Waals surface area (Å²) >= 11 is 0. The van der Waals surface area contributed by atoms with E-state index in [1.807, 2.05) is 24.2 Å². The average molecular weight is 438 g/mol. The monoisotopic (exact) mass is 437 g/mol. The van der Waals surface area contributed by atoms with Crippen LogP contribution in [0.2, 0.25) is 0 Å². The van der Waals surface area contributed by atoms with E-state index in [-0.39, 0.29) is 30.3 Å². The highest BCUT2D eigenvalue weighted by Crippen LogP contribution is 2.38. The Balaban J connectivity index is 1.28. The van der Waals surface area contributed by atoms with Gasteiger partial charge in [0, 0.05) is 76.0 Å². The van der Waals surface area contributed by atoms with E-state index in [1.54, 1.807) is 0 Å². The first-order chi connectivity index (χ1) is 14.9. The molecule has 0 radical (unpaired) electrons. The maximum Gasteiger partial charge on any atom is 0.248 e. The number of carbonyl (C=O) groups excluding carboxylic acids is 1. The van der Waals surface area contributed by atoms with E-state index in [0.717, 1.165) is 44.6 Å². The number of alkyl halides is 2. The third kappa shape index (κ3) is 5.49. The van der Waals surface area contributed by atoms with E-state index in [2.05, 4.69) is 20.2 Å². The first-order valence-electron chi connectivity index (χ1n) is 11.5. The Labute approximate surface area is 182 Å². The number of rotatable bonds is 5. The van der Waals surface area contributed by atoms with Gasteiger partial charge in [0.15, 0.2) is 0 Å². The van der Waals surface area contributed by atoms with Gasteiger partial charge in [-0.1, -0.05) is 0 Å². The van der Waals surface area contributed by atoms with Gasteiger partial charge >= 0.3 is 0 Å². The Morgan fingerprint density at radius 2 is 1.84 bits per heavy atom. The molecule has 3 heterocycles. The first kappa shape index (κ1) is 22.3. The van der Waals surface area contributed by atoms with Crippen LogP contribution in [0.5, 0.6) is 0 Å². The summed E-state index contributed by atoms with van der Waals surface area (Å²) in [5.41, 5.74) is 0.833. The van der Waals surface area contributed by atoms with Gasteiger partial charge in [0.2, 0.25) is 17.8 Å². The molecule has 0 atom stereocenters. The molecular formula is C22H33F2N5O2. The summed E-state index contributed by atoms with van der Waals surface area (Å²) < 4.78 is 33.0. The Bertz CT molecular complexity index is 743. The molecule has 1 N–H and O–H groups in total. The van der Waals surface area contributed by atoms with Gasteiger partial charge in [0.05, 0.1) is 12.2 Å². The third-order valence-electron chi connectivity index (χ3n) is 6.83. The quantitative estimate of drug-likeness (QED) is 0.764. The Morgan fingerprint density at radius 3 is 2.48 bits per heavy atom. The van der Waals surface area contributed by atoms with Crippen LogP contribution in [0.1, 0.15) is 51.0 Å². The number of hydrogen-bond donors (Lipinski definition) is 1. The fraction of sp³-hybridized carbons (Fsp3) is 0.773. The number of piperidine rings is 1. The molecule has 1 spiro atoms. The molecule has 1 saturated carbocycles. The summed E-state index contributed by atoms with van der Waals surface area (Å²) in [6, 6.07) is 0. The molecule has 7 nitrogen and oxygen atoms in total. The number of morpholine rings is 1. The summed E-state index contributed by atoms with van der Waals surface area (Å²) in [6.45, 7) is 7.20. The van der Waals surface area contributed by atoms with Gasteiger partial charge in [-0.2, -0.15) is 0 Å². The minimum atomic E-state index is -2.60. The summed E-state index contributed by atoms with van der Waals surface area (Å²) in [4.78, 5) is 25.8. The number of likely N-dealkylation sites (tertiary alicyclic amines) is 1. The van der Waals surface area contributed by atoms with Gasteiger partial charge in [0.1, 0.15) is 0 Å². The van der Waals surface area contributed by atoms with Crippen molar-refractivity contribution in [3.05, 3.63) is 18.0 Å². The van der Waals surface area contributed by atoms with Crippen molar-refractivity contribution in [3.8, 4) is 0 Å². The molecule has 1 amide bonds. The van der Waals surface area contributed by atoms with Crippen LogP contribution in [0.3, 0.4) is 0 Å². The molecule has 31 heavy (non-hydrogen) atoms. The van der Waals surface area contributed by atoms with E-state index < -0.39 is 5.92 Å². The lowest BCUT2D eigenvalue weighted by Crippen LogP contribution is -2.57. The van der Waals surface area contributed by atoms with Gasteiger partial charge in [-0.05, 0) is 32.6 Å². The van der Waals surface area contributed by atoms with E-state index in [0.29, 0.717) is 38.5 Å². The summed E-state index contributed by atoms with van der Waals surface area (Å²) in [6.07, 6.45) is 5.56. The number of nitrogens with one attached hydrogen (secondary N) is 1. The Kier molecular flexibility index (Phi) is 6.71. The lowest BCUT2D eigenvalue weighted by Gasteiger charge is -2.48. The molecule has 1 aromatic heterocycles. The number of nitrogens with zero attached hydrogens (tertiary/aromatic N) is 4. The molecule has 3 fully saturated rings. The second kappa shape index (κ2) is 9.32. The van der Waals surface area contributed by atoms with Crippen LogP contribution in [0.25, 0.3) is 0 Å². The van der Waals surface area contributed by atoms with E-state index >= 15 is 0 Å². The highest BCUT2D eigenvalue weighted by atomic mass is 19.3.